The zero-order valence-corrected chi connectivity index (χ0v) is 19.1. The van der Waals surface area contributed by atoms with Crippen LogP contribution in [0.2, 0.25) is 0 Å². The number of hydrogen-bond acceptors (Lipinski definition) is 6. The van der Waals surface area contributed by atoms with Gasteiger partial charge in [-0.15, -0.1) is 19.0 Å². The lowest BCUT2D eigenvalue weighted by molar-refractivity contribution is 0.0653. The molecule has 1 fully saturated rings. The topological polar surface area (TPSA) is 54.4 Å². The summed E-state index contributed by atoms with van der Waals surface area (Å²) in [6, 6.07) is 13.9. The second-order valence-corrected chi connectivity index (χ2v) is 7.40. The van der Waals surface area contributed by atoms with Gasteiger partial charge in [0.15, 0.2) is 11.5 Å². The molecule has 6 nitrogen and oxygen atoms in total. The number of aliphatic hydroxyl groups is 1. The lowest BCUT2D eigenvalue weighted by Gasteiger charge is -2.37. The number of benzene rings is 2. The van der Waals surface area contributed by atoms with Crippen LogP contribution in [0.15, 0.2) is 55.1 Å². The van der Waals surface area contributed by atoms with E-state index in [1.807, 2.05) is 42.5 Å². The minimum Gasteiger partial charge on any atom is -0.495 e. The molecule has 1 saturated heterocycles. The molecular formula is C24H33ClN2O4. The normalized spacial score (nSPS) is 15.0. The third kappa shape index (κ3) is 6.79. The van der Waals surface area contributed by atoms with E-state index in [1.165, 1.54) is 0 Å². The van der Waals surface area contributed by atoms with E-state index in [4.69, 9.17) is 14.2 Å². The SMILES string of the molecule is C=CCc1ccc(OCC(O)CN2CCN(c3ccccc3OC)CC2)c(OC)c1.Cl. The van der Waals surface area contributed by atoms with Crippen molar-refractivity contribution >= 4 is 18.1 Å². The standard InChI is InChI=1S/C24H32N2O4.ClH/c1-4-7-19-10-11-23(24(16-19)29-3)30-18-20(27)17-25-12-14-26(15-13-25)21-8-5-6-9-22(21)28-2;/h4-6,8-11,16,20,27H,1,7,12-15,17-18H2,2-3H3;1H. The van der Waals surface area contributed by atoms with Crippen LogP contribution in [0.4, 0.5) is 5.69 Å². The van der Waals surface area contributed by atoms with Gasteiger partial charge in [0.2, 0.25) is 0 Å². The van der Waals surface area contributed by atoms with Crippen LogP contribution >= 0.6 is 12.4 Å². The molecule has 1 aliphatic rings. The van der Waals surface area contributed by atoms with Crippen molar-refractivity contribution in [3.05, 3.63) is 60.7 Å². The van der Waals surface area contributed by atoms with E-state index in [1.54, 1.807) is 14.2 Å². The van der Waals surface area contributed by atoms with Crippen LogP contribution in [0.5, 0.6) is 17.2 Å². The van der Waals surface area contributed by atoms with Crippen LogP contribution in [0.1, 0.15) is 5.56 Å². The first-order valence-corrected chi connectivity index (χ1v) is 10.3. The van der Waals surface area contributed by atoms with E-state index in [9.17, 15) is 5.11 Å². The second kappa shape index (κ2) is 12.4. The second-order valence-electron chi connectivity index (χ2n) is 7.40. The van der Waals surface area contributed by atoms with Crippen molar-refractivity contribution in [2.45, 2.75) is 12.5 Å². The summed E-state index contributed by atoms with van der Waals surface area (Å²) in [4.78, 5) is 4.60. The van der Waals surface area contributed by atoms with Crippen molar-refractivity contribution < 1.29 is 19.3 Å². The maximum absolute atomic E-state index is 10.5. The number of ether oxygens (including phenoxy) is 3. The minimum absolute atomic E-state index is 0. The molecule has 0 spiro atoms. The van der Waals surface area contributed by atoms with Crippen molar-refractivity contribution in [3.8, 4) is 17.2 Å². The molecule has 7 heteroatoms. The predicted molar refractivity (Wildman–Crippen MR) is 127 cm³/mol. The molecule has 2 aromatic carbocycles. The number of β-amino-alcohol motifs (C(OH)–C–C–N with tert-alkyl or cyclic N) is 1. The Morgan fingerprint density at radius 3 is 2.39 bits per heavy atom. The Morgan fingerprint density at radius 1 is 1.00 bits per heavy atom. The molecule has 0 saturated carbocycles. The van der Waals surface area contributed by atoms with E-state index in [-0.39, 0.29) is 19.0 Å². The van der Waals surface area contributed by atoms with Crippen molar-refractivity contribution in [1.82, 2.24) is 4.90 Å². The Balaban J connectivity index is 0.00000341. The van der Waals surface area contributed by atoms with Gasteiger partial charge in [0.25, 0.3) is 0 Å². The Hall–Kier alpha value is -2.41. The fourth-order valence-electron chi connectivity index (χ4n) is 3.72. The predicted octanol–water partition coefficient (Wildman–Crippen LogP) is 3.42. The van der Waals surface area contributed by atoms with Gasteiger partial charge in [-0.1, -0.05) is 24.3 Å². The quantitative estimate of drug-likeness (QED) is 0.562. The van der Waals surface area contributed by atoms with Gasteiger partial charge in [-0.25, -0.2) is 0 Å². The highest BCUT2D eigenvalue weighted by Crippen LogP contribution is 2.29. The smallest absolute Gasteiger partial charge is 0.161 e. The number of hydrogen-bond donors (Lipinski definition) is 1. The molecule has 1 N–H and O–H groups in total. The summed E-state index contributed by atoms with van der Waals surface area (Å²) in [6.07, 6.45) is 2.06. The Labute approximate surface area is 191 Å². The van der Waals surface area contributed by atoms with Gasteiger partial charge in [0, 0.05) is 32.7 Å². The highest BCUT2D eigenvalue weighted by molar-refractivity contribution is 5.85. The summed E-state index contributed by atoms with van der Waals surface area (Å²) in [5.74, 6) is 2.21. The van der Waals surface area contributed by atoms with E-state index >= 15 is 0 Å². The number of anilines is 1. The number of rotatable bonds is 10. The third-order valence-electron chi connectivity index (χ3n) is 5.31. The molecule has 1 atom stereocenters. The molecule has 0 aliphatic carbocycles. The summed E-state index contributed by atoms with van der Waals surface area (Å²) in [5.41, 5.74) is 2.23. The molecule has 0 aromatic heterocycles. The number of aliphatic hydroxyl groups excluding tert-OH is 1. The van der Waals surface area contributed by atoms with Crippen molar-refractivity contribution in [1.29, 1.82) is 0 Å². The van der Waals surface area contributed by atoms with Crippen LogP contribution < -0.4 is 19.1 Å². The summed E-state index contributed by atoms with van der Waals surface area (Å²) in [6.45, 7) is 8.12. The Morgan fingerprint density at radius 2 is 1.71 bits per heavy atom. The lowest BCUT2D eigenvalue weighted by atomic mass is 10.1. The molecule has 2 aromatic rings. The maximum atomic E-state index is 10.5. The van der Waals surface area contributed by atoms with Gasteiger partial charge >= 0.3 is 0 Å². The van der Waals surface area contributed by atoms with E-state index < -0.39 is 6.10 Å². The van der Waals surface area contributed by atoms with E-state index in [2.05, 4.69) is 22.4 Å². The summed E-state index contributed by atoms with van der Waals surface area (Å²) in [5, 5.41) is 10.5. The molecule has 1 unspecified atom stereocenters. The summed E-state index contributed by atoms with van der Waals surface area (Å²) < 4.78 is 16.7. The highest BCUT2D eigenvalue weighted by atomic mass is 35.5. The average molecular weight is 449 g/mol. The first kappa shape index (κ1) is 24.9. The van der Waals surface area contributed by atoms with Crippen LogP contribution in [0.3, 0.4) is 0 Å². The molecule has 0 bridgehead atoms. The number of nitrogens with zero attached hydrogens (tertiary/aromatic N) is 2. The van der Waals surface area contributed by atoms with Crippen LogP contribution in [0, 0.1) is 0 Å². The number of allylic oxidation sites excluding steroid dienone is 1. The van der Waals surface area contributed by atoms with Crippen LogP contribution in [-0.4, -0.2) is 69.7 Å². The van der Waals surface area contributed by atoms with Gasteiger partial charge in [0.1, 0.15) is 18.5 Å². The monoisotopic (exact) mass is 448 g/mol. The maximum Gasteiger partial charge on any atom is 0.161 e. The van der Waals surface area contributed by atoms with Gasteiger partial charge in [-0.3, -0.25) is 4.90 Å². The van der Waals surface area contributed by atoms with Gasteiger partial charge in [-0.2, -0.15) is 0 Å². The molecular weight excluding hydrogens is 416 g/mol. The Kier molecular flexibility index (Phi) is 9.98. The fraction of sp³-hybridized carbons (Fsp3) is 0.417. The average Bonchev–Trinajstić information content (AvgIpc) is 2.78. The molecule has 1 heterocycles. The first-order chi connectivity index (χ1) is 14.6. The number of para-hydroxylation sites is 2. The summed E-state index contributed by atoms with van der Waals surface area (Å²) >= 11 is 0. The number of halogens is 1. The van der Waals surface area contributed by atoms with Crippen LogP contribution in [-0.2, 0) is 6.42 Å². The molecule has 170 valence electrons. The largest absolute Gasteiger partial charge is 0.495 e. The molecule has 0 radical (unpaired) electrons. The third-order valence-corrected chi connectivity index (χ3v) is 5.31. The van der Waals surface area contributed by atoms with Crippen LogP contribution in [0.25, 0.3) is 0 Å². The fourth-order valence-corrected chi connectivity index (χ4v) is 3.72. The van der Waals surface area contributed by atoms with Crippen molar-refractivity contribution in [2.24, 2.45) is 0 Å². The van der Waals surface area contributed by atoms with E-state index in [0.717, 1.165) is 49.6 Å². The van der Waals surface area contributed by atoms with Gasteiger partial charge in [-0.05, 0) is 36.2 Å². The minimum atomic E-state index is -0.569. The van der Waals surface area contributed by atoms with Crippen molar-refractivity contribution in [3.63, 3.8) is 0 Å². The Bertz CT molecular complexity index is 825. The highest BCUT2D eigenvalue weighted by Gasteiger charge is 2.21. The molecule has 1 aliphatic heterocycles. The van der Waals surface area contributed by atoms with Crippen molar-refractivity contribution in [2.75, 3.05) is 58.5 Å². The van der Waals surface area contributed by atoms with E-state index in [0.29, 0.717) is 18.0 Å². The zero-order valence-electron chi connectivity index (χ0n) is 18.3. The molecule has 0 amide bonds. The van der Waals surface area contributed by atoms with Gasteiger partial charge in [0.05, 0.1) is 19.9 Å². The first-order valence-electron chi connectivity index (χ1n) is 10.3. The molecule has 3 rings (SSSR count). The van der Waals surface area contributed by atoms with Gasteiger partial charge < -0.3 is 24.2 Å². The molecule has 31 heavy (non-hydrogen) atoms. The lowest BCUT2D eigenvalue weighted by Crippen LogP contribution is -2.49. The number of methoxy groups -OCH3 is 2. The number of piperazine rings is 1. The zero-order chi connectivity index (χ0) is 21.3. The summed E-state index contributed by atoms with van der Waals surface area (Å²) in [7, 11) is 3.32.